The summed E-state index contributed by atoms with van der Waals surface area (Å²) in [7, 11) is 0. The third kappa shape index (κ3) is 24.8. The second kappa shape index (κ2) is 34.8. The fourth-order valence-corrected chi connectivity index (χ4v) is 8.00. The molecule has 1 rings (SSSR count). The summed E-state index contributed by atoms with van der Waals surface area (Å²) in [5.41, 5.74) is -1.89. The summed E-state index contributed by atoms with van der Waals surface area (Å²) >= 11 is 0. The molecule has 0 spiro atoms. The molecule has 11 heteroatoms. The van der Waals surface area contributed by atoms with Gasteiger partial charge in [0.25, 0.3) is 0 Å². The molecule has 8 atom stereocenters. The van der Waals surface area contributed by atoms with Crippen molar-refractivity contribution in [1.29, 1.82) is 0 Å². The Morgan fingerprint density at radius 1 is 0.614 bits per heavy atom. The van der Waals surface area contributed by atoms with Crippen molar-refractivity contribution in [1.82, 2.24) is 10.2 Å². The zero-order valence-corrected chi connectivity index (χ0v) is 37.2. The third-order valence-electron chi connectivity index (χ3n) is 11.9. The Hall–Kier alpha value is -0.890. The van der Waals surface area contributed by atoms with Gasteiger partial charge in [-0.1, -0.05) is 168 Å². The molecular formula is C46H92N2O9. The van der Waals surface area contributed by atoms with Crippen molar-refractivity contribution in [2.24, 2.45) is 0 Å². The monoisotopic (exact) mass is 817 g/mol. The molecule has 1 heterocycles. The lowest BCUT2D eigenvalue weighted by atomic mass is 9.96. The second-order valence-corrected chi connectivity index (χ2v) is 17.3. The maximum Gasteiger partial charge on any atom is 0.222 e. The number of nitrogens with one attached hydrogen (secondary N) is 1. The van der Waals surface area contributed by atoms with E-state index in [0.29, 0.717) is 12.8 Å². The number of hydrogen-bond donors (Lipinski definition) is 7. The Balaban J connectivity index is 2.64. The first-order chi connectivity index (χ1) is 27.5. The molecule has 1 amide bonds. The van der Waals surface area contributed by atoms with Gasteiger partial charge in [0.05, 0.1) is 12.7 Å². The lowest BCUT2D eigenvalue weighted by Crippen LogP contribution is -2.66. The van der Waals surface area contributed by atoms with Crippen molar-refractivity contribution in [2.45, 2.75) is 263 Å². The summed E-state index contributed by atoms with van der Waals surface area (Å²) in [5, 5.41) is 66.3. The van der Waals surface area contributed by atoms with Crippen LogP contribution in [0.15, 0.2) is 0 Å². The Morgan fingerprint density at radius 3 is 1.46 bits per heavy atom. The molecule has 1 aliphatic heterocycles. The molecule has 1 fully saturated rings. The van der Waals surface area contributed by atoms with Crippen LogP contribution in [-0.2, 0) is 14.3 Å². The van der Waals surface area contributed by atoms with Crippen LogP contribution in [-0.4, -0.2) is 116 Å². The predicted octanol–water partition coefficient (Wildman–Crippen LogP) is 8.03. The van der Waals surface area contributed by atoms with E-state index in [1.165, 1.54) is 136 Å². The van der Waals surface area contributed by atoms with Crippen LogP contribution in [0.1, 0.15) is 214 Å². The van der Waals surface area contributed by atoms with Gasteiger partial charge in [0.2, 0.25) is 5.91 Å². The molecule has 0 aromatic carbocycles. The number of nitrogens with zero attached hydrogens (tertiary/aromatic N) is 1. The van der Waals surface area contributed by atoms with E-state index < -0.39 is 55.2 Å². The van der Waals surface area contributed by atoms with Gasteiger partial charge < -0.3 is 50.3 Å². The summed E-state index contributed by atoms with van der Waals surface area (Å²) in [5.74, 6) is -0.379. The van der Waals surface area contributed by atoms with Crippen molar-refractivity contribution in [2.75, 3.05) is 26.2 Å². The number of unbranched alkanes of at least 4 members (excludes halogenated alkanes) is 23. The molecule has 1 unspecified atom stereocenters. The number of hydrogen-bond acceptors (Lipinski definition) is 10. The van der Waals surface area contributed by atoms with Gasteiger partial charge in [0.15, 0.2) is 12.0 Å². The van der Waals surface area contributed by atoms with Crippen molar-refractivity contribution >= 4 is 5.91 Å². The average Bonchev–Trinajstić information content (AvgIpc) is 3.20. The number of rotatable bonds is 39. The van der Waals surface area contributed by atoms with Gasteiger partial charge in [-0.2, -0.15) is 0 Å². The van der Waals surface area contributed by atoms with Crippen LogP contribution < -0.4 is 5.32 Å². The number of aliphatic hydroxyl groups excluding tert-OH is 6. The Kier molecular flexibility index (Phi) is 33.0. The largest absolute Gasteiger partial charge is 0.394 e. The normalized spacial score (nSPS) is 22.1. The lowest BCUT2D eigenvalue weighted by molar-refractivity contribution is -0.340. The highest BCUT2D eigenvalue weighted by Crippen LogP contribution is 2.29. The van der Waals surface area contributed by atoms with Crippen LogP contribution in [0.3, 0.4) is 0 Å². The molecular weight excluding hydrogens is 725 g/mol. The molecule has 57 heavy (non-hydrogen) atoms. The molecule has 0 aromatic heterocycles. The van der Waals surface area contributed by atoms with Gasteiger partial charge in [-0.05, 0) is 58.7 Å². The second-order valence-electron chi connectivity index (χ2n) is 17.3. The minimum atomic E-state index is -1.89. The van der Waals surface area contributed by atoms with E-state index in [4.69, 9.17) is 9.47 Å². The molecule has 0 radical (unpaired) electrons. The Bertz CT molecular complexity index is 916. The van der Waals surface area contributed by atoms with Gasteiger partial charge in [0.1, 0.15) is 30.5 Å². The number of ether oxygens (including phenoxy) is 2. The van der Waals surface area contributed by atoms with Crippen LogP contribution >= 0.6 is 0 Å². The van der Waals surface area contributed by atoms with Gasteiger partial charge in [0, 0.05) is 6.42 Å². The smallest absolute Gasteiger partial charge is 0.222 e. The minimum absolute atomic E-state index is 0.191. The first-order valence-corrected chi connectivity index (χ1v) is 23.9. The first-order valence-electron chi connectivity index (χ1n) is 23.9. The molecule has 0 saturated carbocycles. The molecule has 0 bridgehead atoms. The molecule has 0 aliphatic carbocycles. The van der Waals surface area contributed by atoms with Crippen molar-refractivity contribution < 1.29 is 44.9 Å². The van der Waals surface area contributed by atoms with E-state index >= 15 is 0 Å². The highest BCUT2D eigenvalue weighted by Gasteiger charge is 2.49. The van der Waals surface area contributed by atoms with E-state index in [1.54, 1.807) is 0 Å². The van der Waals surface area contributed by atoms with Crippen LogP contribution in [0, 0.1) is 0 Å². The number of amides is 1. The highest BCUT2D eigenvalue weighted by molar-refractivity contribution is 5.76. The molecule has 0 aromatic rings. The molecule has 11 nitrogen and oxygen atoms in total. The fraction of sp³-hybridized carbons (Fsp3) is 0.978. The first kappa shape index (κ1) is 54.1. The van der Waals surface area contributed by atoms with E-state index in [-0.39, 0.29) is 18.7 Å². The van der Waals surface area contributed by atoms with Crippen molar-refractivity contribution in [3.8, 4) is 0 Å². The molecule has 1 saturated heterocycles. The van der Waals surface area contributed by atoms with E-state index in [1.807, 2.05) is 0 Å². The summed E-state index contributed by atoms with van der Waals surface area (Å²) in [4.78, 5) is 16.0. The number of carbonyl (C=O) groups is 1. The summed E-state index contributed by atoms with van der Waals surface area (Å²) in [6.07, 6.45) is 21.7. The van der Waals surface area contributed by atoms with Crippen LogP contribution in [0.2, 0.25) is 0 Å². The van der Waals surface area contributed by atoms with E-state index in [0.717, 1.165) is 51.5 Å². The average molecular weight is 817 g/mol. The summed E-state index contributed by atoms with van der Waals surface area (Å²) < 4.78 is 11.5. The summed E-state index contributed by atoms with van der Waals surface area (Å²) in [6.45, 7) is 11.0. The van der Waals surface area contributed by atoms with E-state index in [2.05, 4.69) is 31.0 Å². The fourth-order valence-electron chi connectivity index (χ4n) is 8.00. The van der Waals surface area contributed by atoms with Crippen LogP contribution in [0.4, 0.5) is 0 Å². The molecule has 7 N–H and O–H groups in total. The van der Waals surface area contributed by atoms with Crippen molar-refractivity contribution in [3.05, 3.63) is 0 Å². The maximum atomic E-state index is 13.3. The topological polar surface area (TPSA) is 172 Å². The predicted molar refractivity (Wildman–Crippen MR) is 231 cm³/mol. The van der Waals surface area contributed by atoms with Crippen molar-refractivity contribution in [3.63, 3.8) is 0 Å². The van der Waals surface area contributed by atoms with Crippen LogP contribution in [0.25, 0.3) is 0 Å². The third-order valence-corrected chi connectivity index (χ3v) is 11.9. The van der Waals surface area contributed by atoms with Gasteiger partial charge in [-0.25, -0.2) is 0 Å². The maximum absolute atomic E-state index is 13.3. The Labute approximate surface area is 349 Å². The molecule has 340 valence electrons. The number of aliphatic hydroxyl groups is 6. The summed E-state index contributed by atoms with van der Waals surface area (Å²) in [6, 6.07) is 0. The Morgan fingerprint density at radius 2 is 1.02 bits per heavy atom. The SMILES string of the molecule is CCCCCCCCCCCCCC[C@@H](O)[C@H](O)[C@@](C)(NC(=O)CCCCCCCN(CCCCCCC)CCCCCCC)O[C@@H]1OC(CO)[C@H](O)[C@H](O)[C@H]1O. The molecule has 1 aliphatic rings. The standard InChI is InChI=1S/C46H92N2O9/c1-5-8-11-14-15-16-17-18-19-20-22-27-32-38(50)44(55)46(4,57-45-43(54)42(53)41(52)39(37-49)56-45)47-40(51)33-28-23-21-26-31-36-48(34-29-24-12-9-6-2)35-30-25-13-10-7-3/h38-39,41-45,49-50,52-55H,5-37H2,1-4H3,(H,47,51)/t38-,39?,41+,42+,43-,44+,45+,46+/m1/s1. The zero-order chi connectivity index (χ0) is 42.2. The number of carbonyl (C=O) groups excluding carboxylic acids is 1. The zero-order valence-electron chi connectivity index (χ0n) is 37.2. The quantitative estimate of drug-likeness (QED) is 0.0238. The highest BCUT2D eigenvalue weighted by atomic mass is 16.7. The van der Waals surface area contributed by atoms with Gasteiger partial charge >= 0.3 is 0 Å². The van der Waals surface area contributed by atoms with E-state index in [9.17, 15) is 35.4 Å². The van der Waals surface area contributed by atoms with Crippen LogP contribution in [0.5, 0.6) is 0 Å². The van der Waals surface area contributed by atoms with Gasteiger partial charge in [-0.15, -0.1) is 0 Å². The lowest BCUT2D eigenvalue weighted by Gasteiger charge is -2.45. The van der Waals surface area contributed by atoms with Gasteiger partial charge in [-0.3, -0.25) is 4.79 Å². The minimum Gasteiger partial charge on any atom is -0.394 e.